The van der Waals surface area contributed by atoms with E-state index in [0.29, 0.717) is 22.9 Å². The summed E-state index contributed by atoms with van der Waals surface area (Å²) < 4.78 is 18.9. The van der Waals surface area contributed by atoms with Crippen molar-refractivity contribution < 1.29 is 28.9 Å². The van der Waals surface area contributed by atoms with Crippen molar-refractivity contribution >= 4 is 11.9 Å². The number of ether oxygens (including phenoxy) is 3. The molecule has 0 aliphatic carbocycles. The first-order chi connectivity index (χ1) is 24.5. The van der Waals surface area contributed by atoms with Crippen LogP contribution in [0.3, 0.4) is 0 Å². The van der Waals surface area contributed by atoms with Gasteiger partial charge in [0.25, 0.3) is 0 Å². The number of carboxylic acid groups (broad SMARTS) is 1. The summed E-state index contributed by atoms with van der Waals surface area (Å²) in [7, 11) is 4.58. The predicted molar refractivity (Wildman–Crippen MR) is 192 cm³/mol. The molecule has 0 saturated heterocycles. The van der Waals surface area contributed by atoms with Gasteiger partial charge in [0, 0.05) is 14.2 Å². The molecule has 2 atom stereocenters. The summed E-state index contributed by atoms with van der Waals surface area (Å²) >= 11 is 0. The van der Waals surface area contributed by atoms with Crippen LogP contribution in [0.15, 0.2) is 97.6 Å². The van der Waals surface area contributed by atoms with Crippen LogP contribution in [0.5, 0.6) is 0 Å². The Kier molecular flexibility index (Phi) is 11.5. The summed E-state index contributed by atoms with van der Waals surface area (Å²) in [6.45, 7) is 7.80. The molecule has 0 aliphatic rings. The number of carboxylic acids is 1. The number of methoxy groups -OCH3 is 3. The predicted octanol–water partition coefficient (Wildman–Crippen LogP) is 7.39. The van der Waals surface area contributed by atoms with Gasteiger partial charge in [0.2, 0.25) is 0 Å². The highest BCUT2D eigenvalue weighted by Crippen LogP contribution is 2.28. The van der Waals surface area contributed by atoms with Gasteiger partial charge in [-0.2, -0.15) is 10.2 Å². The van der Waals surface area contributed by atoms with Crippen molar-refractivity contribution in [3.05, 3.63) is 131 Å². The number of esters is 1. The van der Waals surface area contributed by atoms with E-state index >= 15 is 0 Å². The quantitative estimate of drug-likeness (QED) is 0.145. The normalized spacial score (nSPS) is 12.1. The van der Waals surface area contributed by atoms with Gasteiger partial charge in [-0.15, -0.1) is 0 Å². The third kappa shape index (κ3) is 8.43. The highest BCUT2D eigenvalue weighted by molar-refractivity contribution is 5.92. The lowest BCUT2D eigenvalue weighted by molar-refractivity contribution is 0.0599. The molecular formula is C39H40N6O6. The van der Waals surface area contributed by atoms with E-state index in [1.165, 1.54) is 25.3 Å². The molecule has 6 aromatic rings. The van der Waals surface area contributed by atoms with Crippen LogP contribution in [0.25, 0.3) is 33.6 Å². The van der Waals surface area contributed by atoms with Gasteiger partial charge in [-0.1, -0.05) is 59.7 Å². The molecule has 0 amide bonds. The maximum Gasteiger partial charge on any atom is 0.337 e. The van der Waals surface area contributed by atoms with Crippen LogP contribution in [0.4, 0.5) is 0 Å². The molecule has 0 radical (unpaired) electrons. The van der Waals surface area contributed by atoms with Crippen LogP contribution >= 0.6 is 0 Å². The monoisotopic (exact) mass is 688 g/mol. The zero-order valence-corrected chi connectivity index (χ0v) is 29.6. The molecule has 2 heterocycles. The zero-order valence-electron chi connectivity index (χ0n) is 29.6. The molecule has 1 N–H and O–H groups in total. The molecule has 4 aromatic carbocycles. The highest BCUT2D eigenvalue weighted by Gasteiger charge is 2.18. The number of rotatable bonds is 10. The molecule has 0 saturated carbocycles. The number of benzene rings is 4. The Labute approximate surface area is 296 Å². The molecule has 12 heteroatoms. The fourth-order valence-electron chi connectivity index (χ4n) is 5.32. The third-order valence-corrected chi connectivity index (χ3v) is 8.35. The standard InChI is InChI=1S/C20H21N3O3.C19H19N3O3/c1-13-5-7-15(8-6-13)16-9-17(20(24)26-4)11-18(10-16)23-19(14(2)25-3)21-12-22-23;1-12-4-6-14(7-5-12)15-8-16(19(23)24)10-17(9-15)22-18(13(2)25-3)20-11-21-22/h5-12,14H,1-4H3;4-11,13H,1-3H3,(H,23,24). The van der Waals surface area contributed by atoms with E-state index in [2.05, 4.69) is 20.2 Å². The summed E-state index contributed by atoms with van der Waals surface area (Å²) in [5.74, 6) is -0.123. The largest absolute Gasteiger partial charge is 0.478 e. The molecular weight excluding hydrogens is 648 g/mol. The minimum Gasteiger partial charge on any atom is -0.478 e. The number of aromatic carboxylic acids is 1. The van der Waals surface area contributed by atoms with Crippen molar-refractivity contribution in [2.24, 2.45) is 0 Å². The fraction of sp³-hybridized carbons (Fsp3) is 0.231. The summed E-state index contributed by atoms with van der Waals surface area (Å²) in [6.07, 6.45) is 2.41. The topological polar surface area (TPSA) is 143 Å². The molecule has 2 aromatic heterocycles. The van der Waals surface area contributed by atoms with Crippen LogP contribution in [0.1, 0.15) is 69.5 Å². The van der Waals surface area contributed by atoms with E-state index in [1.807, 2.05) is 94.4 Å². The summed E-state index contributed by atoms with van der Waals surface area (Å²) in [5.41, 5.74) is 7.96. The number of aromatic nitrogens is 6. The SMILES string of the molecule is COC(=O)c1cc(-c2ccc(C)cc2)cc(-n2ncnc2C(C)OC)c1.COC(C)c1ncnn1-c1cc(C(=O)O)cc(-c2ccc(C)cc2)c1. The van der Waals surface area contributed by atoms with Crippen molar-refractivity contribution in [3.63, 3.8) is 0 Å². The van der Waals surface area contributed by atoms with Gasteiger partial charge in [-0.05, 0) is 86.3 Å². The van der Waals surface area contributed by atoms with Gasteiger partial charge in [0.1, 0.15) is 24.9 Å². The van der Waals surface area contributed by atoms with Gasteiger partial charge in [0.15, 0.2) is 11.6 Å². The van der Waals surface area contributed by atoms with Crippen LogP contribution in [-0.4, -0.2) is 67.9 Å². The number of hydrogen-bond donors (Lipinski definition) is 1. The first kappa shape index (κ1) is 36.3. The van der Waals surface area contributed by atoms with Crippen LogP contribution < -0.4 is 0 Å². The van der Waals surface area contributed by atoms with Crippen LogP contribution in [0.2, 0.25) is 0 Å². The van der Waals surface area contributed by atoms with E-state index in [9.17, 15) is 14.7 Å². The minimum atomic E-state index is -0.989. The van der Waals surface area contributed by atoms with Crippen molar-refractivity contribution in [1.29, 1.82) is 0 Å². The molecule has 6 rings (SSSR count). The molecule has 51 heavy (non-hydrogen) atoms. The molecule has 2 unspecified atom stereocenters. The maximum atomic E-state index is 12.2. The lowest BCUT2D eigenvalue weighted by Gasteiger charge is -2.14. The molecule has 262 valence electrons. The molecule has 12 nitrogen and oxygen atoms in total. The molecule has 0 aliphatic heterocycles. The second-order valence-corrected chi connectivity index (χ2v) is 11.9. The lowest BCUT2D eigenvalue weighted by Crippen LogP contribution is -2.10. The Morgan fingerprint density at radius 1 is 0.608 bits per heavy atom. The van der Waals surface area contributed by atoms with E-state index in [1.54, 1.807) is 41.8 Å². The number of carbonyl (C=O) groups excluding carboxylic acids is 1. The van der Waals surface area contributed by atoms with E-state index in [4.69, 9.17) is 14.2 Å². The molecule has 0 bridgehead atoms. The Morgan fingerprint density at radius 2 is 1.02 bits per heavy atom. The average molecular weight is 689 g/mol. The van der Waals surface area contributed by atoms with Crippen molar-refractivity contribution in [3.8, 4) is 33.6 Å². The van der Waals surface area contributed by atoms with Crippen molar-refractivity contribution in [1.82, 2.24) is 29.5 Å². The lowest BCUT2D eigenvalue weighted by atomic mass is 10.0. The third-order valence-electron chi connectivity index (χ3n) is 8.35. The second-order valence-electron chi connectivity index (χ2n) is 11.9. The van der Waals surface area contributed by atoms with Gasteiger partial charge in [-0.25, -0.2) is 28.9 Å². The fourth-order valence-corrected chi connectivity index (χ4v) is 5.32. The summed E-state index contributed by atoms with van der Waals surface area (Å²) in [5, 5.41) is 18.0. The second kappa shape index (κ2) is 16.2. The number of hydrogen-bond acceptors (Lipinski definition) is 9. The number of nitrogens with zero attached hydrogens (tertiary/aromatic N) is 6. The first-order valence-corrected chi connectivity index (χ1v) is 16.1. The zero-order chi connectivity index (χ0) is 36.7. The van der Waals surface area contributed by atoms with E-state index in [-0.39, 0.29) is 17.8 Å². The van der Waals surface area contributed by atoms with Crippen LogP contribution in [-0.2, 0) is 14.2 Å². The summed E-state index contributed by atoms with van der Waals surface area (Å²) in [6, 6.07) is 26.7. The Hall–Kier alpha value is -5.98. The average Bonchev–Trinajstić information content (AvgIpc) is 3.85. The maximum absolute atomic E-state index is 12.2. The number of aryl methyl sites for hydroxylation is 2. The van der Waals surface area contributed by atoms with Crippen molar-refractivity contribution in [2.45, 2.75) is 39.9 Å². The Balaban J connectivity index is 0.000000198. The summed E-state index contributed by atoms with van der Waals surface area (Å²) in [4.78, 5) is 32.2. The van der Waals surface area contributed by atoms with Crippen LogP contribution in [0, 0.1) is 13.8 Å². The van der Waals surface area contributed by atoms with Crippen molar-refractivity contribution in [2.75, 3.05) is 21.3 Å². The Bertz CT molecular complexity index is 2120. The smallest absolute Gasteiger partial charge is 0.337 e. The molecule has 0 spiro atoms. The van der Waals surface area contributed by atoms with Gasteiger partial charge in [-0.3, -0.25) is 0 Å². The minimum absolute atomic E-state index is 0.194. The van der Waals surface area contributed by atoms with Gasteiger partial charge >= 0.3 is 11.9 Å². The van der Waals surface area contributed by atoms with Gasteiger partial charge in [0.05, 0.1) is 29.6 Å². The molecule has 0 fully saturated rings. The highest BCUT2D eigenvalue weighted by atomic mass is 16.5. The van der Waals surface area contributed by atoms with E-state index < -0.39 is 11.9 Å². The van der Waals surface area contributed by atoms with Gasteiger partial charge < -0.3 is 19.3 Å². The number of carbonyl (C=O) groups is 2. The Morgan fingerprint density at radius 3 is 1.41 bits per heavy atom. The van der Waals surface area contributed by atoms with E-state index in [0.717, 1.165) is 33.5 Å². The first-order valence-electron chi connectivity index (χ1n) is 16.1.